The number of carbonyl (C=O) groups is 1. The number of nitrogens with one attached hydrogen (secondary N) is 1. The zero-order valence-corrected chi connectivity index (χ0v) is 14.1. The maximum Gasteiger partial charge on any atom is 0.163 e. The van der Waals surface area contributed by atoms with Crippen LogP contribution in [0.25, 0.3) is 10.9 Å². The van der Waals surface area contributed by atoms with Gasteiger partial charge in [0.25, 0.3) is 0 Å². The third-order valence-electron chi connectivity index (χ3n) is 4.97. The Morgan fingerprint density at radius 1 is 1.46 bits per heavy atom. The Morgan fingerprint density at radius 3 is 3.12 bits per heavy atom. The molecule has 2 heterocycles. The van der Waals surface area contributed by atoms with Crippen molar-refractivity contribution in [2.45, 2.75) is 19.3 Å². The van der Waals surface area contributed by atoms with Gasteiger partial charge in [-0.15, -0.1) is 6.58 Å². The average Bonchev–Trinajstić information content (AvgIpc) is 2.65. The lowest BCUT2D eigenvalue weighted by Gasteiger charge is -2.29. The summed E-state index contributed by atoms with van der Waals surface area (Å²) in [6.45, 7) is 5.93. The van der Waals surface area contributed by atoms with Gasteiger partial charge in [-0.3, -0.25) is 9.78 Å². The third-order valence-corrected chi connectivity index (χ3v) is 4.97. The maximum absolute atomic E-state index is 12.8. The molecule has 4 nitrogen and oxygen atoms in total. The van der Waals surface area contributed by atoms with Gasteiger partial charge in [0.1, 0.15) is 5.75 Å². The van der Waals surface area contributed by atoms with E-state index >= 15 is 0 Å². The Balaban J connectivity index is 1.77. The van der Waals surface area contributed by atoms with Crippen LogP contribution in [-0.2, 0) is 0 Å². The summed E-state index contributed by atoms with van der Waals surface area (Å²) in [4.78, 5) is 17.1. The van der Waals surface area contributed by atoms with Gasteiger partial charge < -0.3 is 10.1 Å². The molecular formula is C20H24N2O2. The molecule has 4 heteroatoms. The van der Waals surface area contributed by atoms with Crippen LogP contribution in [0.1, 0.15) is 29.6 Å². The minimum atomic E-state index is 0.178. The second-order valence-electron chi connectivity index (χ2n) is 6.36. The molecule has 126 valence electrons. The smallest absolute Gasteiger partial charge is 0.163 e. The molecule has 1 N–H and O–H groups in total. The van der Waals surface area contributed by atoms with E-state index in [0.29, 0.717) is 18.3 Å². The van der Waals surface area contributed by atoms with E-state index in [9.17, 15) is 4.79 Å². The molecule has 1 aromatic carbocycles. The van der Waals surface area contributed by atoms with Crippen LogP contribution in [0.15, 0.2) is 43.1 Å². The predicted molar refractivity (Wildman–Crippen MR) is 96.5 cm³/mol. The van der Waals surface area contributed by atoms with Crippen LogP contribution < -0.4 is 10.1 Å². The van der Waals surface area contributed by atoms with Gasteiger partial charge in [0.2, 0.25) is 0 Å². The van der Waals surface area contributed by atoms with E-state index in [2.05, 4.69) is 16.9 Å². The summed E-state index contributed by atoms with van der Waals surface area (Å²) in [7, 11) is 1.63. The monoisotopic (exact) mass is 324 g/mol. The van der Waals surface area contributed by atoms with Crippen molar-refractivity contribution >= 4 is 16.7 Å². The Kier molecular flexibility index (Phi) is 5.26. The van der Waals surface area contributed by atoms with E-state index in [4.69, 9.17) is 4.74 Å². The number of methoxy groups -OCH3 is 1. The number of benzene rings is 1. The molecule has 3 rings (SSSR count). The Bertz CT molecular complexity index is 741. The number of nitrogens with zero attached hydrogens (tertiary/aromatic N) is 1. The fourth-order valence-corrected chi connectivity index (χ4v) is 3.52. The molecule has 2 atom stereocenters. The number of Topliss-reactive ketones (excluding diaryl/α,β-unsaturated/α-hetero) is 1. The lowest BCUT2D eigenvalue weighted by atomic mass is 9.82. The molecule has 0 aliphatic carbocycles. The summed E-state index contributed by atoms with van der Waals surface area (Å²) >= 11 is 0. The summed E-state index contributed by atoms with van der Waals surface area (Å²) in [5.74, 6) is 1.92. The molecule has 1 fully saturated rings. The van der Waals surface area contributed by atoms with Crippen molar-refractivity contribution < 1.29 is 9.53 Å². The van der Waals surface area contributed by atoms with Gasteiger partial charge in [-0.2, -0.15) is 0 Å². The highest BCUT2D eigenvalue weighted by molar-refractivity contribution is 6.07. The van der Waals surface area contributed by atoms with Crippen molar-refractivity contribution in [2.24, 2.45) is 11.8 Å². The summed E-state index contributed by atoms with van der Waals surface area (Å²) < 4.78 is 5.28. The van der Waals surface area contributed by atoms with Crippen molar-refractivity contribution in [2.75, 3.05) is 20.2 Å². The molecule has 0 bridgehead atoms. The van der Waals surface area contributed by atoms with Gasteiger partial charge in [0.05, 0.1) is 12.6 Å². The van der Waals surface area contributed by atoms with Crippen molar-refractivity contribution in [3.05, 3.63) is 48.7 Å². The largest absolute Gasteiger partial charge is 0.497 e. The van der Waals surface area contributed by atoms with Crippen LogP contribution in [0, 0.1) is 11.8 Å². The minimum absolute atomic E-state index is 0.178. The number of hydrogen-bond acceptors (Lipinski definition) is 4. The molecule has 0 radical (unpaired) electrons. The number of pyridine rings is 1. The molecule has 0 spiro atoms. The van der Waals surface area contributed by atoms with Crippen LogP contribution in [-0.4, -0.2) is 31.0 Å². The normalized spacial score (nSPS) is 20.7. The van der Waals surface area contributed by atoms with Crippen LogP contribution in [0.4, 0.5) is 0 Å². The summed E-state index contributed by atoms with van der Waals surface area (Å²) in [6.07, 6.45) is 6.30. The lowest BCUT2D eigenvalue weighted by molar-refractivity contribution is 0.0968. The Hall–Kier alpha value is -2.20. The molecule has 1 unspecified atom stereocenters. The zero-order valence-electron chi connectivity index (χ0n) is 14.1. The van der Waals surface area contributed by atoms with E-state index in [1.165, 1.54) is 0 Å². The number of rotatable bonds is 6. The first-order chi connectivity index (χ1) is 11.7. The molecule has 1 aromatic heterocycles. The van der Waals surface area contributed by atoms with E-state index in [1.807, 2.05) is 30.3 Å². The zero-order chi connectivity index (χ0) is 16.9. The standard InChI is InChI=1S/C20H24N2O2/c1-3-14-13-21-10-8-15(14)4-7-20(23)17-9-11-22-19-6-5-16(24-2)12-18(17)19/h3,5-6,9,11-12,14-15,21H,1,4,7-8,10,13H2,2H3/t14-,15?/m1/s1. The van der Waals surface area contributed by atoms with Crippen LogP contribution in [0.5, 0.6) is 5.75 Å². The van der Waals surface area contributed by atoms with Crippen molar-refractivity contribution in [3.8, 4) is 5.75 Å². The topological polar surface area (TPSA) is 51.2 Å². The quantitative estimate of drug-likeness (QED) is 0.651. The van der Waals surface area contributed by atoms with Gasteiger partial charge in [-0.1, -0.05) is 6.08 Å². The predicted octanol–water partition coefficient (Wildman–Crippen LogP) is 3.62. The van der Waals surface area contributed by atoms with E-state index in [1.54, 1.807) is 13.3 Å². The molecule has 1 aliphatic rings. The van der Waals surface area contributed by atoms with Crippen LogP contribution in [0.3, 0.4) is 0 Å². The van der Waals surface area contributed by atoms with Gasteiger partial charge in [0.15, 0.2) is 5.78 Å². The SMILES string of the molecule is C=C[C@@H]1CNCCC1CCC(=O)c1ccnc2ccc(OC)cc12. The van der Waals surface area contributed by atoms with Crippen molar-refractivity contribution in [3.63, 3.8) is 0 Å². The van der Waals surface area contributed by atoms with Crippen LogP contribution in [0.2, 0.25) is 0 Å². The lowest BCUT2D eigenvalue weighted by Crippen LogP contribution is -2.35. The van der Waals surface area contributed by atoms with Crippen molar-refractivity contribution in [1.82, 2.24) is 10.3 Å². The average molecular weight is 324 g/mol. The highest BCUT2D eigenvalue weighted by Crippen LogP contribution is 2.28. The highest BCUT2D eigenvalue weighted by atomic mass is 16.5. The van der Waals surface area contributed by atoms with Crippen LogP contribution >= 0.6 is 0 Å². The first-order valence-electron chi connectivity index (χ1n) is 8.52. The van der Waals surface area contributed by atoms with E-state index in [0.717, 1.165) is 48.1 Å². The van der Waals surface area contributed by atoms with Gasteiger partial charge in [-0.25, -0.2) is 0 Å². The number of aromatic nitrogens is 1. The van der Waals surface area contributed by atoms with Gasteiger partial charge >= 0.3 is 0 Å². The fourth-order valence-electron chi connectivity index (χ4n) is 3.52. The summed E-state index contributed by atoms with van der Waals surface area (Å²) in [5, 5.41) is 4.26. The van der Waals surface area contributed by atoms with Gasteiger partial charge in [-0.05, 0) is 55.5 Å². The molecule has 0 saturated carbocycles. The number of piperidine rings is 1. The second-order valence-corrected chi connectivity index (χ2v) is 6.36. The first kappa shape index (κ1) is 16.7. The number of hydrogen-bond donors (Lipinski definition) is 1. The summed E-state index contributed by atoms with van der Waals surface area (Å²) in [6, 6.07) is 7.48. The number of carbonyl (C=O) groups excluding carboxylic acids is 1. The Morgan fingerprint density at radius 2 is 2.33 bits per heavy atom. The number of ketones is 1. The Labute approximate surface area is 142 Å². The molecule has 1 saturated heterocycles. The molecule has 0 amide bonds. The maximum atomic E-state index is 12.8. The molecular weight excluding hydrogens is 300 g/mol. The highest BCUT2D eigenvalue weighted by Gasteiger charge is 2.23. The number of ether oxygens (including phenoxy) is 1. The second kappa shape index (κ2) is 7.58. The molecule has 2 aromatic rings. The number of fused-ring (bicyclic) bond motifs is 1. The van der Waals surface area contributed by atoms with Gasteiger partial charge in [0, 0.05) is 30.1 Å². The summed E-state index contributed by atoms with van der Waals surface area (Å²) in [5.41, 5.74) is 1.57. The fraction of sp³-hybridized carbons (Fsp3) is 0.400. The molecule has 24 heavy (non-hydrogen) atoms. The third kappa shape index (κ3) is 3.49. The van der Waals surface area contributed by atoms with E-state index in [-0.39, 0.29) is 5.78 Å². The minimum Gasteiger partial charge on any atom is -0.497 e. The van der Waals surface area contributed by atoms with Crippen molar-refractivity contribution in [1.29, 1.82) is 0 Å². The van der Waals surface area contributed by atoms with E-state index < -0.39 is 0 Å². The first-order valence-corrected chi connectivity index (χ1v) is 8.52. The molecule has 1 aliphatic heterocycles.